The first-order valence-corrected chi connectivity index (χ1v) is 8.68. The Morgan fingerprint density at radius 2 is 2.04 bits per heavy atom. The van der Waals surface area contributed by atoms with Gasteiger partial charge in [-0.1, -0.05) is 6.07 Å². The molecule has 1 aromatic heterocycles. The summed E-state index contributed by atoms with van der Waals surface area (Å²) in [6.07, 6.45) is 1.82. The molecule has 0 aliphatic carbocycles. The number of nitrogens with one attached hydrogen (secondary N) is 1. The molecular weight excluding hydrogens is 330 g/mol. The van der Waals surface area contributed by atoms with Crippen LogP contribution in [0.5, 0.6) is 11.5 Å². The summed E-state index contributed by atoms with van der Waals surface area (Å²) < 4.78 is 5.22. The van der Waals surface area contributed by atoms with Gasteiger partial charge in [0.1, 0.15) is 17.3 Å². The quantitative estimate of drug-likeness (QED) is 0.642. The van der Waals surface area contributed by atoms with Crippen molar-refractivity contribution in [2.75, 3.05) is 45.2 Å². The predicted octanol–water partition coefficient (Wildman–Crippen LogP) is 1.69. The van der Waals surface area contributed by atoms with Crippen LogP contribution in [0.1, 0.15) is 5.56 Å². The number of nitrogens with zero attached hydrogens (tertiary/aromatic N) is 4. The summed E-state index contributed by atoms with van der Waals surface area (Å²) in [6.45, 7) is 3.99. The topological polar surface area (TPSA) is 73.2 Å². The maximum absolute atomic E-state index is 10.0. The zero-order valence-corrected chi connectivity index (χ0v) is 15.2. The van der Waals surface area contributed by atoms with E-state index >= 15 is 0 Å². The third kappa shape index (κ3) is 4.17. The van der Waals surface area contributed by atoms with Crippen LogP contribution >= 0.6 is 0 Å². The lowest BCUT2D eigenvalue weighted by Gasteiger charge is -2.37. The minimum atomic E-state index is 0.244. The van der Waals surface area contributed by atoms with Crippen molar-refractivity contribution < 1.29 is 9.84 Å². The highest BCUT2D eigenvalue weighted by Crippen LogP contribution is 2.22. The highest BCUT2D eigenvalue weighted by atomic mass is 16.5. The molecule has 0 unspecified atom stereocenters. The van der Waals surface area contributed by atoms with Crippen molar-refractivity contribution in [3.63, 3.8) is 0 Å². The van der Waals surface area contributed by atoms with Crippen LogP contribution in [0.15, 0.2) is 47.6 Å². The Morgan fingerprint density at radius 1 is 1.23 bits per heavy atom. The number of aromatic hydroxyl groups is 1. The van der Waals surface area contributed by atoms with Gasteiger partial charge in [0.2, 0.25) is 0 Å². The first-order chi connectivity index (χ1) is 12.7. The number of benzene rings is 1. The maximum atomic E-state index is 10.0. The molecular formula is C19H25N5O2. The number of aliphatic imine (C=N–C) groups is 1. The molecule has 0 radical (unpaired) electrons. The van der Waals surface area contributed by atoms with Crippen molar-refractivity contribution in [1.82, 2.24) is 15.2 Å². The number of piperazine rings is 1. The summed E-state index contributed by atoms with van der Waals surface area (Å²) in [6, 6.07) is 11.2. The standard InChI is InChI=1S/C19H25N5O2/c1-20-19(22-14-15-13-16(26-2)6-7-17(15)25)24-11-9-23(10-12-24)18-5-3-4-8-21-18/h3-8,13,25H,9-12,14H2,1-2H3,(H,20,22). The van der Waals surface area contributed by atoms with E-state index in [1.807, 2.05) is 30.5 Å². The maximum Gasteiger partial charge on any atom is 0.194 e. The molecule has 3 rings (SSSR count). The second-order valence-electron chi connectivity index (χ2n) is 6.06. The molecule has 0 bridgehead atoms. The monoisotopic (exact) mass is 355 g/mol. The average molecular weight is 355 g/mol. The van der Waals surface area contributed by atoms with E-state index < -0.39 is 0 Å². The lowest BCUT2D eigenvalue weighted by Crippen LogP contribution is -2.52. The Kier molecular flexibility index (Phi) is 5.78. The molecule has 2 heterocycles. The van der Waals surface area contributed by atoms with E-state index in [1.54, 1.807) is 26.3 Å². The van der Waals surface area contributed by atoms with Gasteiger partial charge in [-0.25, -0.2) is 4.98 Å². The molecule has 1 aromatic carbocycles. The van der Waals surface area contributed by atoms with Crippen molar-refractivity contribution in [3.05, 3.63) is 48.2 Å². The molecule has 26 heavy (non-hydrogen) atoms. The molecule has 1 aliphatic rings. The van der Waals surface area contributed by atoms with E-state index in [0.29, 0.717) is 6.54 Å². The van der Waals surface area contributed by atoms with Crippen LogP contribution in [0.4, 0.5) is 5.82 Å². The third-order valence-corrected chi connectivity index (χ3v) is 4.49. The Morgan fingerprint density at radius 3 is 2.69 bits per heavy atom. The number of hydrogen-bond donors (Lipinski definition) is 2. The normalized spacial score (nSPS) is 15.1. The molecule has 0 saturated carbocycles. The molecule has 2 N–H and O–H groups in total. The van der Waals surface area contributed by atoms with Gasteiger partial charge in [0.05, 0.1) is 7.11 Å². The van der Waals surface area contributed by atoms with Gasteiger partial charge in [0, 0.05) is 51.5 Å². The summed E-state index contributed by atoms with van der Waals surface area (Å²) in [4.78, 5) is 13.3. The SMILES string of the molecule is CN=C(NCc1cc(OC)ccc1O)N1CCN(c2ccccn2)CC1. The largest absolute Gasteiger partial charge is 0.508 e. The van der Waals surface area contributed by atoms with Crippen molar-refractivity contribution in [2.45, 2.75) is 6.54 Å². The van der Waals surface area contributed by atoms with Gasteiger partial charge in [0.25, 0.3) is 0 Å². The molecule has 7 heteroatoms. The number of guanidine groups is 1. The van der Waals surface area contributed by atoms with Crippen LogP contribution in [0.25, 0.3) is 0 Å². The van der Waals surface area contributed by atoms with E-state index in [4.69, 9.17) is 4.74 Å². The van der Waals surface area contributed by atoms with Crippen molar-refractivity contribution in [1.29, 1.82) is 0 Å². The smallest absolute Gasteiger partial charge is 0.194 e. The molecule has 1 fully saturated rings. The van der Waals surface area contributed by atoms with E-state index in [9.17, 15) is 5.11 Å². The lowest BCUT2D eigenvalue weighted by atomic mass is 10.2. The molecule has 1 saturated heterocycles. The fourth-order valence-electron chi connectivity index (χ4n) is 3.03. The lowest BCUT2D eigenvalue weighted by molar-refractivity contribution is 0.370. The highest BCUT2D eigenvalue weighted by molar-refractivity contribution is 5.80. The zero-order valence-electron chi connectivity index (χ0n) is 15.2. The Balaban J connectivity index is 1.57. The second-order valence-corrected chi connectivity index (χ2v) is 6.06. The number of phenols is 1. The van der Waals surface area contributed by atoms with Gasteiger partial charge in [-0.15, -0.1) is 0 Å². The van der Waals surface area contributed by atoms with Gasteiger partial charge >= 0.3 is 0 Å². The summed E-state index contributed by atoms with van der Waals surface area (Å²) in [5.41, 5.74) is 0.776. The number of rotatable bonds is 4. The minimum absolute atomic E-state index is 0.244. The summed E-state index contributed by atoms with van der Waals surface area (Å²) >= 11 is 0. The number of pyridine rings is 1. The number of anilines is 1. The van der Waals surface area contributed by atoms with Crippen LogP contribution in [-0.4, -0.2) is 61.3 Å². The zero-order chi connectivity index (χ0) is 18.4. The van der Waals surface area contributed by atoms with E-state index in [2.05, 4.69) is 25.1 Å². The van der Waals surface area contributed by atoms with Crippen LogP contribution < -0.4 is 15.0 Å². The van der Waals surface area contributed by atoms with Crippen LogP contribution in [-0.2, 0) is 6.54 Å². The first kappa shape index (κ1) is 17.8. The fourth-order valence-corrected chi connectivity index (χ4v) is 3.03. The van der Waals surface area contributed by atoms with E-state index in [0.717, 1.165) is 49.3 Å². The van der Waals surface area contributed by atoms with Gasteiger partial charge in [-0.2, -0.15) is 0 Å². The molecule has 2 aromatic rings. The minimum Gasteiger partial charge on any atom is -0.508 e. The summed E-state index contributed by atoms with van der Waals surface area (Å²) in [5, 5.41) is 13.4. The molecule has 0 amide bonds. The number of phenolic OH excluding ortho intramolecular Hbond substituents is 1. The third-order valence-electron chi connectivity index (χ3n) is 4.49. The fraction of sp³-hybridized carbons (Fsp3) is 0.368. The summed E-state index contributed by atoms with van der Waals surface area (Å²) in [5.74, 6) is 2.80. The van der Waals surface area contributed by atoms with E-state index in [1.165, 1.54) is 0 Å². The Hall–Kier alpha value is -2.96. The molecule has 138 valence electrons. The van der Waals surface area contributed by atoms with Gasteiger partial charge in [-0.05, 0) is 30.3 Å². The number of ether oxygens (including phenoxy) is 1. The van der Waals surface area contributed by atoms with Gasteiger partial charge in [-0.3, -0.25) is 4.99 Å². The Bertz CT molecular complexity index is 743. The number of aromatic nitrogens is 1. The predicted molar refractivity (Wildman–Crippen MR) is 103 cm³/mol. The van der Waals surface area contributed by atoms with Crippen LogP contribution in [0, 0.1) is 0 Å². The molecule has 0 spiro atoms. The van der Waals surface area contributed by atoms with Crippen molar-refractivity contribution >= 4 is 11.8 Å². The van der Waals surface area contributed by atoms with E-state index in [-0.39, 0.29) is 5.75 Å². The molecule has 0 atom stereocenters. The van der Waals surface area contributed by atoms with Gasteiger partial charge < -0.3 is 25.0 Å². The van der Waals surface area contributed by atoms with Crippen molar-refractivity contribution in [2.24, 2.45) is 4.99 Å². The average Bonchev–Trinajstić information content (AvgIpc) is 2.71. The number of methoxy groups -OCH3 is 1. The second kappa shape index (κ2) is 8.42. The van der Waals surface area contributed by atoms with Crippen LogP contribution in [0.3, 0.4) is 0 Å². The Labute approximate surface area is 153 Å². The molecule has 1 aliphatic heterocycles. The first-order valence-electron chi connectivity index (χ1n) is 8.68. The number of hydrogen-bond acceptors (Lipinski definition) is 5. The highest BCUT2D eigenvalue weighted by Gasteiger charge is 2.20. The summed E-state index contributed by atoms with van der Waals surface area (Å²) in [7, 11) is 3.39. The van der Waals surface area contributed by atoms with Crippen molar-refractivity contribution in [3.8, 4) is 11.5 Å². The van der Waals surface area contributed by atoms with Gasteiger partial charge in [0.15, 0.2) is 5.96 Å². The van der Waals surface area contributed by atoms with Crippen LogP contribution in [0.2, 0.25) is 0 Å². The molecule has 7 nitrogen and oxygen atoms in total.